The van der Waals surface area contributed by atoms with Gasteiger partial charge in [0.05, 0.1) is 31.1 Å². The zero-order valence-corrected chi connectivity index (χ0v) is 11.0. The summed E-state index contributed by atoms with van der Waals surface area (Å²) in [6, 6.07) is 5.33. The minimum atomic E-state index is 0.500. The zero-order valence-electron chi connectivity index (χ0n) is 11.0. The van der Waals surface area contributed by atoms with Crippen molar-refractivity contribution in [3.8, 4) is 0 Å². The standard InChI is InChI=1S/C13H21N5O/c14-11-2-1-10(9-12(11)15)13(16)17-3-4-18-5-7-19-8-6-18/h1-2,9H,3-8,14-15H2,(H2,16,17). The van der Waals surface area contributed by atoms with E-state index in [-0.39, 0.29) is 0 Å². The van der Waals surface area contributed by atoms with Gasteiger partial charge in [-0.3, -0.25) is 9.89 Å². The van der Waals surface area contributed by atoms with Crippen molar-refractivity contribution in [2.75, 3.05) is 50.9 Å². The predicted octanol–water partition coefficient (Wildman–Crippen LogP) is -0.111. The number of ether oxygens (including phenoxy) is 1. The lowest BCUT2D eigenvalue weighted by molar-refractivity contribution is 0.0394. The molecule has 0 spiro atoms. The van der Waals surface area contributed by atoms with E-state index >= 15 is 0 Å². The molecule has 1 aromatic carbocycles. The molecule has 1 heterocycles. The van der Waals surface area contributed by atoms with Crippen molar-refractivity contribution >= 4 is 17.2 Å². The lowest BCUT2D eigenvalue weighted by atomic mass is 10.1. The van der Waals surface area contributed by atoms with Crippen molar-refractivity contribution < 1.29 is 4.74 Å². The fourth-order valence-electron chi connectivity index (χ4n) is 1.96. The van der Waals surface area contributed by atoms with Gasteiger partial charge in [-0.05, 0) is 18.2 Å². The van der Waals surface area contributed by atoms with Crippen LogP contribution in [0.5, 0.6) is 0 Å². The molecule has 6 N–H and O–H groups in total. The highest BCUT2D eigenvalue weighted by Crippen LogP contribution is 2.15. The fourth-order valence-corrected chi connectivity index (χ4v) is 1.96. The molecule has 1 fully saturated rings. The topological polar surface area (TPSA) is 103 Å². The van der Waals surface area contributed by atoms with E-state index in [1.54, 1.807) is 12.1 Å². The third-order valence-corrected chi connectivity index (χ3v) is 3.18. The molecule has 0 amide bonds. The molecule has 6 nitrogen and oxygen atoms in total. The van der Waals surface area contributed by atoms with Gasteiger partial charge in [0.1, 0.15) is 5.84 Å². The molecule has 0 atom stereocenters. The third-order valence-electron chi connectivity index (χ3n) is 3.18. The van der Waals surface area contributed by atoms with Gasteiger partial charge in [0, 0.05) is 25.2 Å². The monoisotopic (exact) mass is 263 g/mol. The Kier molecular flexibility index (Phi) is 4.59. The maximum atomic E-state index is 5.94. The number of amidine groups is 1. The van der Waals surface area contributed by atoms with Crippen LogP contribution in [0.2, 0.25) is 0 Å². The Labute approximate surface area is 113 Å². The van der Waals surface area contributed by atoms with E-state index in [2.05, 4.69) is 9.89 Å². The van der Waals surface area contributed by atoms with E-state index in [4.69, 9.17) is 21.9 Å². The summed E-state index contributed by atoms with van der Waals surface area (Å²) < 4.78 is 5.29. The van der Waals surface area contributed by atoms with Crippen LogP contribution in [0.4, 0.5) is 11.4 Å². The van der Waals surface area contributed by atoms with Gasteiger partial charge >= 0.3 is 0 Å². The number of aliphatic imine (C=N–C) groups is 1. The Hall–Kier alpha value is -1.79. The number of nitrogens with two attached hydrogens (primary N) is 3. The number of nitrogens with zero attached hydrogens (tertiary/aromatic N) is 2. The van der Waals surface area contributed by atoms with Gasteiger partial charge in [0.15, 0.2) is 0 Å². The molecule has 19 heavy (non-hydrogen) atoms. The lowest BCUT2D eigenvalue weighted by Gasteiger charge is -2.25. The van der Waals surface area contributed by atoms with E-state index in [9.17, 15) is 0 Å². The average molecular weight is 263 g/mol. The van der Waals surface area contributed by atoms with Crippen molar-refractivity contribution in [3.63, 3.8) is 0 Å². The van der Waals surface area contributed by atoms with Gasteiger partial charge in [-0.15, -0.1) is 0 Å². The van der Waals surface area contributed by atoms with Gasteiger partial charge in [-0.1, -0.05) is 0 Å². The Morgan fingerprint density at radius 2 is 1.95 bits per heavy atom. The smallest absolute Gasteiger partial charge is 0.125 e. The molecule has 1 aliphatic heterocycles. The summed E-state index contributed by atoms with van der Waals surface area (Å²) >= 11 is 0. The second-order valence-electron chi connectivity index (χ2n) is 4.56. The van der Waals surface area contributed by atoms with Crippen LogP contribution in [-0.4, -0.2) is 50.1 Å². The Bertz CT molecular complexity index is 454. The Balaban J connectivity index is 1.89. The van der Waals surface area contributed by atoms with Crippen molar-refractivity contribution in [2.45, 2.75) is 0 Å². The van der Waals surface area contributed by atoms with Crippen LogP contribution in [0.15, 0.2) is 23.2 Å². The molecule has 1 aliphatic rings. The predicted molar refractivity (Wildman–Crippen MR) is 78.1 cm³/mol. The van der Waals surface area contributed by atoms with Crippen LogP contribution in [-0.2, 0) is 4.74 Å². The van der Waals surface area contributed by atoms with E-state index in [0.29, 0.717) is 23.8 Å². The van der Waals surface area contributed by atoms with Crippen LogP contribution >= 0.6 is 0 Å². The van der Waals surface area contributed by atoms with Crippen molar-refractivity contribution in [1.29, 1.82) is 0 Å². The normalized spacial score (nSPS) is 17.6. The van der Waals surface area contributed by atoms with Crippen LogP contribution < -0.4 is 17.2 Å². The number of anilines is 2. The van der Waals surface area contributed by atoms with E-state index in [0.717, 1.165) is 38.4 Å². The molecule has 2 rings (SSSR count). The van der Waals surface area contributed by atoms with Crippen molar-refractivity contribution in [1.82, 2.24) is 4.90 Å². The van der Waals surface area contributed by atoms with Gasteiger partial charge < -0.3 is 21.9 Å². The van der Waals surface area contributed by atoms with Crippen molar-refractivity contribution in [3.05, 3.63) is 23.8 Å². The average Bonchev–Trinajstić information content (AvgIpc) is 2.43. The molecule has 104 valence electrons. The summed E-state index contributed by atoms with van der Waals surface area (Å²) in [4.78, 5) is 6.69. The molecule has 0 saturated carbocycles. The first-order chi connectivity index (χ1) is 9.16. The first-order valence-corrected chi connectivity index (χ1v) is 6.42. The Morgan fingerprint density at radius 1 is 1.21 bits per heavy atom. The first-order valence-electron chi connectivity index (χ1n) is 6.42. The molecule has 0 aromatic heterocycles. The number of hydrogen-bond acceptors (Lipinski definition) is 5. The molecule has 0 radical (unpaired) electrons. The molecular formula is C13H21N5O. The van der Waals surface area contributed by atoms with E-state index in [1.807, 2.05) is 6.07 Å². The summed E-state index contributed by atoms with van der Waals surface area (Å²) in [6.45, 7) is 5.10. The summed E-state index contributed by atoms with van der Waals surface area (Å²) in [7, 11) is 0. The van der Waals surface area contributed by atoms with E-state index in [1.165, 1.54) is 0 Å². The molecule has 0 aliphatic carbocycles. The largest absolute Gasteiger partial charge is 0.397 e. The number of rotatable bonds is 4. The summed E-state index contributed by atoms with van der Waals surface area (Å²) in [5.74, 6) is 0.500. The van der Waals surface area contributed by atoms with Crippen LogP contribution in [0.1, 0.15) is 5.56 Å². The van der Waals surface area contributed by atoms with Gasteiger partial charge in [0.2, 0.25) is 0 Å². The SMILES string of the molecule is NC(=NCCN1CCOCC1)c1ccc(N)c(N)c1. The second kappa shape index (κ2) is 6.40. The van der Waals surface area contributed by atoms with Gasteiger partial charge in [-0.2, -0.15) is 0 Å². The molecule has 0 unspecified atom stereocenters. The Morgan fingerprint density at radius 3 is 2.63 bits per heavy atom. The summed E-state index contributed by atoms with van der Waals surface area (Å²) in [5, 5.41) is 0. The molecule has 6 heteroatoms. The fraction of sp³-hybridized carbons (Fsp3) is 0.462. The highest BCUT2D eigenvalue weighted by Gasteiger charge is 2.09. The van der Waals surface area contributed by atoms with Crippen LogP contribution in [0, 0.1) is 0 Å². The molecule has 0 bridgehead atoms. The molecule has 1 aromatic rings. The maximum absolute atomic E-state index is 5.94. The van der Waals surface area contributed by atoms with Crippen LogP contribution in [0.25, 0.3) is 0 Å². The highest BCUT2D eigenvalue weighted by atomic mass is 16.5. The minimum absolute atomic E-state index is 0.500. The minimum Gasteiger partial charge on any atom is -0.397 e. The lowest BCUT2D eigenvalue weighted by Crippen LogP contribution is -2.38. The second-order valence-corrected chi connectivity index (χ2v) is 4.56. The number of hydrogen-bond donors (Lipinski definition) is 3. The summed E-state index contributed by atoms with van der Waals surface area (Å²) in [6.07, 6.45) is 0. The third kappa shape index (κ3) is 3.84. The maximum Gasteiger partial charge on any atom is 0.125 e. The van der Waals surface area contributed by atoms with Gasteiger partial charge in [-0.25, -0.2) is 0 Å². The first kappa shape index (κ1) is 13.6. The van der Waals surface area contributed by atoms with Crippen molar-refractivity contribution in [2.24, 2.45) is 10.7 Å². The number of benzene rings is 1. The van der Waals surface area contributed by atoms with E-state index < -0.39 is 0 Å². The quantitative estimate of drug-likeness (QED) is 0.399. The number of nitrogen functional groups attached to an aromatic ring is 2. The summed E-state index contributed by atoms with van der Waals surface area (Å²) in [5.41, 5.74) is 19.3. The highest BCUT2D eigenvalue weighted by molar-refractivity contribution is 5.98. The molecule has 1 saturated heterocycles. The van der Waals surface area contributed by atoms with Crippen LogP contribution in [0.3, 0.4) is 0 Å². The molecular weight excluding hydrogens is 242 g/mol. The van der Waals surface area contributed by atoms with Gasteiger partial charge in [0.25, 0.3) is 0 Å². The number of morpholine rings is 1. The zero-order chi connectivity index (χ0) is 13.7.